The zero-order valence-corrected chi connectivity index (χ0v) is 20.2. The molecule has 1 saturated heterocycles. The summed E-state index contributed by atoms with van der Waals surface area (Å²) in [4.78, 5) is 14.9. The minimum absolute atomic E-state index is 0.0733. The predicted octanol–water partition coefficient (Wildman–Crippen LogP) is 4.41. The molecule has 3 rings (SSSR count). The zero-order valence-electron chi connectivity index (χ0n) is 19.4. The molecule has 6 nitrogen and oxygen atoms in total. The van der Waals surface area contributed by atoms with Crippen LogP contribution in [0.15, 0.2) is 48.5 Å². The van der Waals surface area contributed by atoms with E-state index in [-0.39, 0.29) is 24.9 Å². The Kier molecular flexibility index (Phi) is 8.18. The molecule has 1 aliphatic heterocycles. The highest BCUT2D eigenvalue weighted by Gasteiger charge is 2.19. The number of para-hydroxylation sites is 1. The van der Waals surface area contributed by atoms with Crippen molar-refractivity contribution in [2.45, 2.75) is 52.0 Å². The van der Waals surface area contributed by atoms with E-state index in [1.807, 2.05) is 32.0 Å². The molecule has 2 aromatic carbocycles. The third kappa shape index (κ3) is 6.48. The summed E-state index contributed by atoms with van der Waals surface area (Å²) in [5, 5.41) is 3.04. The lowest BCUT2D eigenvalue weighted by Gasteiger charge is -2.29. The van der Waals surface area contributed by atoms with E-state index >= 15 is 0 Å². The van der Waals surface area contributed by atoms with E-state index in [4.69, 9.17) is 0 Å². The minimum atomic E-state index is -3.42. The number of hydrogen-bond acceptors (Lipinski definition) is 4. The Labute approximate surface area is 192 Å². The lowest BCUT2D eigenvalue weighted by molar-refractivity contribution is -0.121. The molecule has 1 N–H and O–H groups in total. The van der Waals surface area contributed by atoms with Crippen LogP contribution in [-0.4, -0.2) is 40.2 Å². The van der Waals surface area contributed by atoms with Gasteiger partial charge in [-0.2, -0.15) is 0 Å². The average Bonchev–Trinajstić information content (AvgIpc) is 2.77. The molecule has 1 aliphatic rings. The van der Waals surface area contributed by atoms with Crippen LogP contribution in [0.1, 0.15) is 56.2 Å². The fraction of sp³-hybridized carbons (Fsp3) is 0.480. The summed E-state index contributed by atoms with van der Waals surface area (Å²) in [6.07, 6.45) is 5.73. The van der Waals surface area contributed by atoms with E-state index < -0.39 is 10.0 Å². The van der Waals surface area contributed by atoms with Gasteiger partial charge in [0.2, 0.25) is 15.9 Å². The highest BCUT2D eigenvalue weighted by Crippen LogP contribution is 2.24. The first-order valence-electron chi connectivity index (χ1n) is 11.4. The van der Waals surface area contributed by atoms with Gasteiger partial charge < -0.3 is 10.2 Å². The van der Waals surface area contributed by atoms with Gasteiger partial charge in [-0.05, 0) is 68.9 Å². The number of nitrogens with one attached hydrogen (secondary N) is 1. The quantitative estimate of drug-likeness (QED) is 0.606. The first-order chi connectivity index (χ1) is 15.3. The Balaban J connectivity index is 1.52. The molecule has 1 atom stereocenters. The van der Waals surface area contributed by atoms with Crippen molar-refractivity contribution >= 4 is 27.3 Å². The lowest BCUT2D eigenvalue weighted by Crippen LogP contribution is -2.33. The second-order valence-electron chi connectivity index (χ2n) is 8.65. The van der Waals surface area contributed by atoms with Gasteiger partial charge >= 0.3 is 0 Å². The molecule has 1 fully saturated rings. The first kappa shape index (κ1) is 24.1. The second kappa shape index (κ2) is 10.9. The van der Waals surface area contributed by atoms with Crippen molar-refractivity contribution in [2.24, 2.45) is 0 Å². The van der Waals surface area contributed by atoms with E-state index in [2.05, 4.69) is 34.5 Å². The molecular weight excluding hydrogens is 422 g/mol. The largest absolute Gasteiger partial charge is 0.372 e. The number of carbonyl (C=O) groups excluding carboxylic acids is 1. The van der Waals surface area contributed by atoms with Gasteiger partial charge in [0, 0.05) is 31.7 Å². The van der Waals surface area contributed by atoms with Gasteiger partial charge in [0.15, 0.2) is 0 Å². The van der Waals surface area contributed by atoms with Crippen molar-refractivity contribution in [1.29, 1.82) is 0 Å². The number of anilines is 2. The maximum Gasteiger partial charge on any atom is 0.232 e. The first-order valence-corrected chi connectivity index (χ1v) is 13.3. The summed E-state index contributed by atoms with van der Waals surface area (Å²) in [6, 6.07) is 15.7. The van der Waals surface area contributed by atoms with Crippen molar-refractivity contribution in [1.82, 2.24) is 5.32 Å². The van der Waals surface area contributed by atoms with E-state index in [9.17, 15) is 13.2 Å². The number of hydrogen-bond donors (Lipinski definition) is 1. The molecule has 0 spiro atoms. The Bertz CT molecular complexity index is 999. The number of benzene rings is 2. The molecule has 1 heterocycles. The highest BCUT2D eigenvalue weighted by molar-refractivity contribution is 7.92. The second-order valence-corrected chi connectivity index (χ2v) is 10.6. The van der Waals surface area contributed by atoms with Gasteiger partial charge in [0.1, 0.15) is 0 Å². The number of aryl methyl sites for hydroxylation is 1. The van der Waals surface area contributed by atoms with Crippen LogP contribution in [0, 0.1) is 6.92 Å². The predicted molar refractivity (Wildman–Crippen MR) is 132 cm³/mol. The molecule has 0 aliphatic carbocycles. The number of rotatable bonds is 9. The minimum Gasteiger partial charge on any atom is -0.372 e. The molecular formula is C25H35N3O3S. The number of carbonyl (C=O) groups is 1. The van der Waals surface area contributed by atoms with E-state index in [1.165, 1.54) is 35.5 Å². The normalized spacial score (nSPS) is 15.3. The Morgan fingerprint density at radius 2 is 1.72 bits per heavy atom. The number of amides is 1. The van der Waals surface area contributed by atoms with Crippen LogP contribution in [-0.2, 0) is 14.8 Å². The average molecular weight is 458 g/mol. The van der Waals surface area contributed by atoms with E-state index in [0.29, 0.717) is 12.1 Å². The molecule has 0 saturated carbocycles. The Morgan fingerprint density at radius 3 is 2.34 bits per heavy atom. The van der Waals surface area contributed by atoms with Gasteiger partial charge in [-0.25, -0.2) is 8.42 Å². The summed E-state index contributed by atoms with van der Waals surface area (Å²) in [7, 11) is -3.42. The van der Waals surface area contributed by atoms with Crippen molar-refractivity contribution in [2.75, 3.05) is 35.1 Å². The molecule has 174 valence electrons. The summed E-state index contributed by atoms with van der Waals surface area (Å²) in [5.41, 5.74) is 3.86. The van der Waals surface area contributed by atoms with Gasteiger partial charge in [-0.15, -0.1) is 0 Å². The summed E-state index contributed by atoms with van der Waals surface area (Å²) >= 11 is 0. The van der Waals surface area contributed by atoms with E-state index in [1.54, 1.807) is 6.07 Å². The number of nitrogens with zero attached hydrogens (tertiary/aromatic N) is 2. The molecule has 7 heteroatoms. The SMILES string of the molecule is Cc1ccccc1N(CCCC(=O)NC(C)c1ccc(N2CCCCC2)cc1)S(C)(=O)=O. The fourth-order valence-electron chi connectivity index (χ4n) is 4.21. The maximum atomic E-state index is 12.5. The maximum absolute atomic E-state index is 12.5. The van der Waals surface area contributed by atoms with Crippen LogP contribution < -0.4 is 14.5 Å². The summed E-state index contributed by atoms with van der Waals surface area (Å²) in [5.74, 6) is -0.0733. The monoisotopic (exact) mass is 457 g/mol. The van der Waals surface area contributed by atoms with Gasteiger partial charge in [0.05, 0.1) is 18.0 Å². The van der Waals surface area contributed by atoms with Crippen LogP contribution in [0.2, 0.25) is 0 Å². The topological polar surface area (TPSA) is 69.7 Å². The highest BCUT2D eigenvalue weighted by atomic mass is 32.2. The standard InChI is InChI=1S/C25H35N3O3S/c1-20-10-5-6-11-24(20)28(32(3,30)31)19-9-12-25(29)26-21(2)22-13-15-23(16-14-22)27-17-7-4-8-18-27/h5-6,10-11,13-16,21H,4,7-9,12,17-19H2,1-3H3,(H,26,29). The number of sulfonamides is 1. The zero-order chi connectivity index (χ0) is 23.1. The summed E-state index contributed by atoms with van der Waals surface area (Å²) < 4.78 is 26.0. The summed E-state index contributed by atoms with van der Waals surface area (Å²) in [6.45, 7) is 6.36. The third-order valence-corrected chi connectivity index (χ3v) is 7.22. The molecule has 0 radical (unpaired) electrons. The van der Waals surface area contributed by atoms with Crippen molar-refractivity contribution in [3.63, 3.8) is 0 Å². The van der Waals surface area contributed by atoms with Crippen molar-refractivity contribution in [3.05, 3.63) is 59.7 Å². The van der Waals surface area contributed by atoms with Gasteiger partial charge in [0.25, 0.3) is 0 Å². The molecule has 1 unspecified atom stereocenters. The molecule has 0 aromatic heterocycles. The van der Waals surface area contributed by atoms with Crippen LogP contribution in [0.3, 0.4) is 0 Å². The molecule has 2 aromatic rings. The van der Waals surface area contributed by atoms with Crippen LogP contribution in [0.25, 0.3) is 0 Å². The van der Waals surface area contributed by atoms with Crippen LogP contribution >= 0.6 is 0 Å². The fourth-order valence-corrected chi connectivity index (χ4v) is 5.24. The Hall–Kier alpha value is -2.54. The van der Waals surface area contributed by atoms with Gasteiger partial charge in [-0.1, -0.05) is 30.3 Å². The van der Waals surface area contributed by atoms with Crippen LogP contribution in [0.4, 0.5) is 11.4 Å². The molecule has 32 heavy (non-hydrogen) atoms. The molecule has 0 bridgehead atoms. The van der Waals surface area contributed by atoms with Crippen LogP contribution in [0.5, 0.6) is 0 Å². The Morgan fingerprint density at radius 1 is 1.06 bits per heavy atom. The molecule has 1 amide bonds. The smallest absolute Gasteiger partial charge is 0.232 e. The lowest BCUT2D eigenvalue weighted by atomic mass is 10.1. The van der Waals surface area contributed by atoms with Crippen molar-refractivity contribution < 1.29 is 13.2 Å². The van der Waals surface area contributed by atoms with E-state index in [0.717, 1.165) is 24.2 Å². The third-order valence-electron chi connectivity index (χ3n) is 6.04. The van der Waals surface area contributed by atoms with Crippen molar-refractivity contribution in [3.8, 4) is 0 Å². The van der Waals surface area contributed by atoms with Gasteiger partial charge in [-0.3, -0.25) is 9.10 Å². The number of piperidine rings is 1.